The van der Waals surface area contributed by atoms with E-state index in [1.807, 2.05) is 12.1 Å². The van der Waals surface area contributed by atoms with E-state index in [9.17, 15) is 14.7 Å². The van der Waals surface area contributed by atoms with Crippen LogP contribution in [-0.2, 0) is 24.4 Å². The van der Waals surface area contributed by atoms with Crippen LogP contribution in [-0.4, -0.2) is 81.6 Å². The van der Waals surface area contributed by atoms with E-state index in [0.29, 0.717) is 54.1 Å². The number of halogens is 1. The average Bonchev–Trinajstić information content (AvgIpc) is 3.42. The Balaban J connectivity index is 1.08. The number of hydrogen-bond donors (Lipinski definition) is 3. The highest BCUT2D eigenvalue weighted by Crippen LogP contribution is 2.34. The molecule has 3 N–H and O–H groups in total. The molecule has 12 heteroatoms. The number of ether oxygens (including phenoxy) is 1. The summed E-state index contributed by atoms with van der Waals surface area (Å²) in [4.78, 5) is 36.1. The molecule has 2 amide bonds. The standard InChI is InChI=1S/C27H31ClN6O5/c1-17(35)34-12-20(13-34)32-25-8-18(4-6-30-25)27(37)31-9-21(36)14-33-7-5-23-19(11-33)2-3-24(26(23)28)38-15-22-10-29-16-39-22/h2-4,6,8,10,16,20-21,36H,5,7,9,11-15H2,1H3,(H,30,32)(H,31,37)/t21-/m0/s1. The Morgan fingerprint density at radius 2 is 2.15 bits per heavy atom. The Labute approximate surface area is 231 Å². The topological polar surface area (TPSA) is 133 Å². The van der Waals surface area contributed by atoms with Crippen molar-refractivity contribution in [1.29, 1.82) is 0 Å². The van der Waals surface area contributed by atoms with Crippen LogP contribution in [0.15, 0.2) is 47.5 Å². The number of amides is 2. The molecule has 1 aromatic carbocycles. The summed E-state index contributed by atoms with van der Waals surface area (Å²) >= 11 is 6.62. The van der Waals surface area contributed by atoms with E-state index >= 15 is 0 Å². The fourth-order valence-electron chi connectivity index (χ4n) is 4.74. The minimum atomic E-state index is -0.734. The summed E-state index contributed by atoms with van der Waals surface area (Å²) < 4.78 is 11.0. The molecule has 206 valence electrons. The highest BCUT2D eigenvalue weighted by atomic mass is 35.5. The van der Waals surface area contributed by atoms with E-state index in [1.165, 1.54) is 6.39 Å². The number of carbonyl (C=O) groups is 2. The molecule has 2 aliphatic heterocycles. The molecule has 11 nitrogen and oxygen atoms in total. The van der Waals surface area contributed by atoms with Crippen LogP contribution in [0, 0.1) is 0 Å². The van der Waals surface area contributed by atoms with Gasteiger partial charge in [-0.05, 0) is 35.7 Å². The van der Waals surface area contributed by atoms with Gasteiger partial charge in [-0.15, -0.1) is 0 Å². The molecule has 2 aromatic heterocycles. The van der Waals surface area contributed by atoms with Gasteiger partial charge in [0.25, 0.3) is 5.91 Å². The molecule has 39 heavy (non-hydrogen) atoms. The lowest BCUT2D eigenvalue weighted by molar-refractivity contribution is -0.132. The molecule has 3 aromatic rings. The number of likely N-dealkylation sites (tertiary alicyclic amines) is 1. The third kappa shape index (κ3) is 6.67. The number of oxazole rings is 1. The van der Waals surface area contributed by atoms with Crippen LogP contribution >= 0.6 is 11.6 Å². The SMILES string of the molecule is CC(=O)N1CC(Nc2cc(C(=O)NC[C@H](O)CN3CCc4c(ccc(OCc5cnco5)c4Cl)C3)ccn2)C1. The molecule has 0 saturated carbocycles. The van der Waals surface area contributed by atoms with Gasteiger partial charge in [0.15, 0.2) is 12.2 Å². The maximum absolute atomic E-state index is 12.7. The molecule has 1 atom stereocenters. The fraction of sp³-hybridized carbons (Fsp3) is 0.407. The minimum absolute atomic E-state index is 0.0455. The number of β-amino-alcohol motifs (C(OH)–C–C–N with tert-alkyl or cyclic N) is 1. The average molecular weight is 555 g/mol. The molecule has 4 heterocycles. The Bertz CT molecular complexity index is 1310. The van der Waals surface area contributed by atoms with Gasteiger partial charge in [0.05, 0.1) is 23.4 Å². The number of pyridine rings is 1. The summed E-state index contributed by atoms with van der Waals surface area (Å²) in [5.74, 6) is 1.56. The van der Waals surface area contributed by atoms with Crippen LogP contribution < -0.4 is 15.4 Å². The second kappa shape index (κ2) is 12.0. The van der Waals surface area contributed by atoms with Crippen molar-refractivity contribution in [1.82, 2.24) is 25.1 Å². The monoisotopic (exact) mass is 554 g/mol. The van der Waals surface area contributed by atoms with Gasteiger partial charge < -0.3 is 29.8 Å². The van der Waals surface area contributed by atoms with Gasteiger partial charge in [-0.25, -0.2) is 9.97 Å². The third-order valence-electron chi connectivity index (χ3n) is 6.90. The normalized spacial score (nSPS) is 16.2. The zero-order valence-corrected chi connectivity index (χ0v) is 22.4. The van der Waals surface area contributed by atoms with Gasteiger partial charge in [0.1, 0.15) is 18.2 Å². The lowest BCUT2D eigenvalue weighted by atomic mass is 9.99. The van der Waals surface area contributed by atoms with Crippen molar-refractivity contribution in [2.75, 3.05) is 38.0 Å². The van der Waals surface area contributed by atoms with Crippen LogP contribution in [0.3, 0.4) is 0 Å². The molecule has 0 aliphatic carbocycles. The first-order valence-electron chi connectivity index (χ1n) is 12.8. The molecule has 2 aliphatic rings. The first-order chi connectivity index (χ1) is 18.9. The molecule has 5 rings (SSSR count). The number of rotatable bonds is 10. The third-order valence-corrected chi connectivity index (χ3v) is 7.31. The zero-order valence-electron chi connectivity index (χ0n) is 21.6. The van der Waals surface area contributed by atoms with Crippen molar-refractivity contribution in [2.24, 2.45) is 0 Å². The van der Waals surface area contributed by atoms with E-state index in [4.69, 9.17) is 20.8 Å². The smallest absolute Gasteiger partial charge is 0.251 e. The molecule has 1 fully saturated rings. The van der Waals surface area contributed by atoms with Crippen molar-refractivity contribution in [3.63, 3.8) is 0 Å². The number of aliphatic hydroxyl groups excluding tert-OH is 1. The lowest BCUT2D eigenvalue weighted by Crippen LogP contribution is -2.56. The van der Waals surface area contributed by atoms with Crippen molar-refractivity contribution in [3.05, 3.63) is 70.5 Å². The van der Waals surface area contributed by atoms with Crippen molar-refractivity contribution in [3.8, 4) is 5.75 Å². The van der Waals surface area contributed by atoms with Crippen LogP contribution in [0.4, 0.5) is 5.82 Å². The predicted molar refractivity (Wildman–Crippen MR) is 144 cm³/mol. The van der Waals surface area contributed by atoms with E-state index < -0.39 is 6.10 Å². The Hall–Kier alpha value is -3.67. The number of carbonyl (C=O) groups excluding carboxylic acids is 2. The second-order valence-electron chi connectivity index (χ2n) is 9.82. The quantitative estimate of drug-likeness (QED) is 0.344. The van der Waals surface area contributed by atoms with E-state index in [-0.39, 0.29) is 31.0 Å². The van der Waals surface area contributed by atoms with Gasteiger partial charge >= 0.3 is 0 Å². The first-order valence-corrected chi connectivity index (χ1v) is 13.2. The molecular formula is C27H31ClN6O5. The summed E-state index contributed by atoms with van der Waals surface area (Å²) in [5.41, 5.74) is 2.58. The van der Waals surface area contributed by atoms with E-state index in [2.05, 4.69) is 25.5 Å². The zero-order chi connectivity index (χ0) is 27.4. The van der Waals surface area contributed by atoms with Gasteiger partial charge in [-0.2, -0.15) is 0 Å². The summed E-state index contributed by atoms with van der Waals surface area (Å²) in [6.07, 6.45) is 4.52. The number of fused-ring (bicyclic) bond motifs is 1. The Kier molecular flexibility index (Phi) is 8.30. The maximum atomic E-state index is 12.7. The van der Waals surface area contributed by atoms with Crippen LogP contribution in [0.25, 0.3) is 0 Å². The maximum Gasteiger partial charge on any atom is 0.251 e. The number of aliphatic hydroxyl groups is 1. The number of nitrogens with zero attached hydrogens (tertiary/aromatic N) is 4. The molecule has 1 saturated heterocycles. The first kappa shape index (κ1) is 26.9. The Morgan fingerprint density at radius 1 is 1.31 bits per heavy atom. The lowest BCUT2D eigenvalue weighted by Gasteiger charge is -2.39. The number of anilines is 1. The second-order valence-corrected chi connectivity index (χ2v) is 10.2. The molecule has 0 radical (unpaired) electrons. The number of benzene rings is 1. The van der Waals surface area contributed by atoms with Crippen molar-refractivity contribution >= 4 is 29.2 Å². The number of nitrogens with one attached hydrogen (secondary N) is 2. The highest BCUT2D eigenvalue weighted by Gasteiger charge is 2.28. The predicted octanol–water partition coefficient (Wildman–Crippen LogP) is 2.09. The molecule has 0 bridgehead atoms. The van der Waals surface area contributed by atoms with Crippen LogP contribution in [0.2, 0.25) is 5.02 Å². The van der Waals surface area contributed by atoms with Gasteiger partial charge in [0, 0.05) is 58.0 Å². The molecular weight excluding hydrogens is 524 g/mol. The summed E-state index contributed by atoms with van der Waals surface area (Å²) in [7, 11) is 0. The Morgan fingerprint density at radius 3 is 2.92 bits per heavy atom. The molecule has 0 spiro atoms. The number of aromatic nitrogens is 2. The largest absolute Gasteiger partial charge is 0.484 e. The van der Waals surface area contributed by atoms with Gasteiger partial charge in [0.2, 0.25) is 5.91 Å². The highest BCUT2D eigenvalue weighted by molar-refractivity contribution is 6.33. The summed E-state index contributed by atoms with van der Waals surface area (Å²) in [5, 5.41) is 17.3. The summed E-state index contributed by atoms with van der Waals surface area (Å²) in [6, 6.07) is 7.26. The van der Waals surface area contributed by atoms with Crippen molar-refractivity contribution < 1.29 is 23.8 Å². The van der Waals surface area contributed by atoms with Crippen molar-refractivity contribution in [2.45, 2.75) is 38.6 Å². The van der Waals surface area contributed by atoms with Gasteiger partial charge in [-0.1, -0.05) is 17.7 Å². The van der Waals surface area contributed by atoms with E-state index in [1.54, 1.807) is 36.4 Å². The fourth-order valence-corrected chi connectivity index (χ4v) is 5.07. The molecule has 0 unspecified atom stereocenters. The summed E-state index contributed by atoms with van der Waals surface area (Å²) in [6.45, 7) is 4.94. The van der Waals surface area contributed by atoms with E-state index in [0.717, 1.165) is 24.1 Å². The minimum Gasteiger partial charge on any atom is -0.484 e. The van der Waals surface area contributed by atoms with Crippen LogP contribution in [0.5, 0.6) is 5.75 Å². The van der Waals surface area contributed by atoms with Gasteiger partial charge in [-0.3, -0.25) is 14.5 Å². The number of hydrogen-bond acceptors (Lipinski definition) is 9. The van der Waals surface area contributed by atoms with Crippen LogP contribution in [0.1, 0.15) is 34.2 Å².